The molecule has 4 aromatic rings. The van der Waals surface area contributed by atoms with Crippen LogP contribution in [0.3, 0.4) is 0 Å². The average molecular weight is 741 g/mol. The number of aliphatic imine (C=N–C) groups is 2. The second-order valence-electron chi connectivity index (χ2n) is 13.7. The van der Waals surface area contributed by atoms with Crippen molar-refractivity contribution in [2.45, 2.75) is 78.6 Å². The van der Waals surface area contributed by atoms with E-state index in [1.807, 2.05) is 54.3 Å². The fourth-order valence-corrected chi connectivity index (χ4v) is 6.79. The van der Waals surface area contributed by atoms with Crippen molar-refractivity contribution in [3.8, 4) is 0 Å². The van der Waals surface area contributed by atoms with E-state index < -0.39 is 23.5 Å². The number of rotatable bonds is 7. The van der Waals surface area contributed by atoms with Crippen LogP contribution >= 0.6 is 11.6 Å². The molecule has 0 bridgehead atoms. The highest BCUT2D eigenvalue weighted by atomic mass is 35.5. The van der Waals surface area contributed by atoms with Crippen molar-refractivity contribution in [3.63, 3.8) is 0 Å². The van der Waals surface area contributed by atoms with Crippen molar-refractivity contribution in [1.29, 1.82) is 0 Å². The molecular weight excluding hydrogens is 698 g/mol. The van der Waals surface area contributed by atoms with E-state index in [9.17, 15) is 26.3 Å². The van der Waals surface area contributed by atoms with E-state index in [1.165, 1.54) is 0 Å². The zero-order valence-electron chi connectivity index (χ0n) is 30.1. The predicted octanol–water partition coefficient (Wildman–Crippen LogP) is 12.3. The normalized spacial score (nSPS) is 14.9. The van der Waals surface area contributed by atoms with Gasteiger partial charge in [0.15, 0.2) is 0 Å². The number of hydrogen-bond donors (Lipinski definition) is 0. The molecule has 0 spiro atoms. The summed E-state index contributed by atoms with van der Waals surface area (Å²) >= 11 is 6.71. The Morgan fingerprint density at radius 1 is 0.692 bits per heavy atom. The van der Waals surface area contributed by atoms with Gasteiger partial charge in [-0.05, 0) is 78.1 Å². The van der Waals surface area contributed by atoms with Gasteiger partial charge in [0, 0.05) is 24.2 Å². The third-order valence-electron chi connectivity index (χ3n) is 9.17. The third kappa shape index (κ3) is 8.82. The molecule has 4 nitrogen and oxygen atoms in total. The van der Waals surface area contributed by atoms with Gasteiger partial charge in [-0.1, -0.05) is 101 Å². The molecule has 0 saturated carbocycles. The molecule has 0 radical (unpaired) electrons. The molecule has 0 atom stereocenters. The van der Waals surface area contributed by atoms with Gasteiger partial charge in [0.1, 0.15) is 11.7 Å². The van der Waals surface area contributed by atoms with Gasteiger partial charge in [-0.2, -0.15) is 26.3 Å². The van der Waals surface area contributed by atoms with Gasteiger partial charge in [0.2, 0.25) is 0 Å². The molecule has 1 heterocycles. The van der Waals surface area contributed by atoms with E-state index in [0.717, 1.165) is 40.1 Å². The van der Waals surface area contributed by atoms with E-state index in [2.05, 4.69) is 39.8 Å². The van der Waals surface area contributed by atoms with E-state index >= 15 is 0 Å². The zero-order valence-corrected chi connectivity index (χ0v) is 30.9. The summed E-state index contributed by atoms with van der Waals surface area (Å²) in [6, 6.07) is 21.0. The Balaban J connectivity index is 1.73. The van der Waals surface area contributed by atoms with Gasteiger partial charge in [0.05, 0.1) is 34.2 Å². The smallest absolute Gasteiger partial charge is 0.338 e. The molecule has 0 N–H and O–H groups in total. The third-order valence-corrected chi connectivity index (χ3v) is 9.46. The molecule has 1 aliphatic heterocycles. The average Bonchev–Trinajstić information content (AvgIpc) is 3.09. The number of alkyl halides is 6. The number of nitrogens with zero attached hydrogens (tertiary/aromatic N) is 4. The monoisotopic (exact) mass is 740 g/mol. The molecule has 11 heteroatoms. The maximum Gasteiger partial charge on any atom is 0.416 e. The van der Waals surface area contributed by atoms with Crippen LogP contribution in [-0.4, -0.2) is 41.2 Å². The number of aryl methyl sites for hydroxylation is 2. The Hall–Kier alpha value is -4.31. The fourth-order valence-electron chi connectivity index (χ4n) is 6.46. The van der Waals surface area contributed by atoms with E-state index in [4.69, 9.17) is 21.6 Å². The summed E-state index contributed by atoms with van der Waals surface area (Å²) < 4.78 is 84.9. The summed E-state index contributed by atoms with van der Waals surface area (Å²) in [5, 5.41) is 0.254. The molecule has 5 rings (SSSR count). The summed E-state index contributed by atoms with van der Waals surface area (Å²) in [4.78, 5) is 13.9. The molecule has 0 aliphatic carbocycles. The summed E-state index contributed by atoms with van der Waals surface area (Å²) in [7, 11) is 0. The van der Waals surface area contributed by atoms with E-state index in [0.29, 0.717) is 37.3 Å². The summed E-state index contributed by atoms with van der Waals surface area (Å²) in [5.74, 6) is 0.929. The van der Waals surface area contributed by atoms with Gasteiger partial charge < -0.3 is 9.80 Å². The minimum absolute atomic E-state index is 0.0478. The molecular formula is C41H43ClF6N4. The maximum atomic E-state index is 14.2. The van der Waals surface area contributed by atoms with Gasteiger partial charge in [-0.15, -0.1) is 0 Å². The minimum Gasteiger partial charge on any atom is -0.338 e. The molecule has 0 amide bonds. The van der Waals surface area contributed by atoms with Crippen LogP contribution in [0.1, 0.15) is 97.4 Å². The second kappa shape index (κ2) is 15.7. The highest BCUT2D eigenvalue weighted by Gasteiger charge is 2.38. The molecule has 1 aliphatic rings. The number of halogens is 7. The summed E-state index contributed by atoms with van der Waals surface area (Å²) in [6.45, 7) is 13.1. The molecule has 4 aromatic carbocycles. The lowest BCUT2D eigenvalue weighted by Crippen LogP contribution is -2.50. The number of amidine groups is 2. The molecule has 276 valence electrons. The van der Waals surface area contributed by atoms with Crippen LogP contribution in [0.5, 0.6) is 0 Å². The molecule has 0 unspecified atom stereocenters. The van der Waals surface area contributed by atoms with Crippen LogP contribution < -0.4 is 0 Å². The first-order chi connectivity index (χ1) is 24.5. The lowest BCUT2D eigenvalue weighted by atomic mass is 9.93. The first kappa shape index (κ1) is 38.9. The van der Waals surface area contributed by atoms with E-state index in [1.54, 1.807) is 17.9 Å². The first-order valence-electron chi connectivity index (χ1n) is 17.4. The first-order valence-corrected chi connectivity index (χ1v) is 17.8. The lowest BCUT2D eigenvalue weighted by Gasteiger charge is -2.39. The van der Waals surface area contributed by atoms with Crippen LogP contribution in [-0.2, 0) is 18.8 Å². The quantitative estimate of drug-likeness (QED) is 0.107. The Morgan fingerprint density at radius 2 is 1.21 bits per heavy atom. The Morgan fingerprint density at radius 3 is 1.69 bits per heavy atom. The largest absolute Gasteiger partial charge is 0.416 e. The van der Waals surface area contributed by atoms with Gasteiger partial charge in [-0.25, -0.2) is 9.98 Å². The van der Waals surface area contributed by atoms with Crippen LogP contribution in [0.25, 0.3) is 0 Å². The molecule has 0 aromatic heterocycles. The topological polar surface area (TPSA) is 31.2 Å². The van der Waals surface area contributed by atoms with Crippen molar-refractivity contribution in [1.82, 2.24) is 9.80 Å². The summed E-state index contributed by atoms with van der Waals surface area (Å²) in [6.07, 6.45) is -8.85. The highest BCUT2D eigenvalue weighted by Crippen LogP contribution is 2.39. The minimum atomic E-state index is -5.03. The SMILES string of the molecule is CCc1cc(C)c(N=C(c2cc(C(F)(F)F)cc(C(F)(F)F)c2)N2CCCN(C(=Nc3c(C(C)C)cccc3C(C)C)c3ccccc3)C2)c(Cl)c1. The van der Waals surface area contributed by atoms with Crippen LogP contribution in [0, 0.1) is 6.92 Å². The Labute approximate surface area is 306 Å². The van der Waals surface area contributed by atoms with Crippen LogP contribution in [0.15, 0.2) is 88.8 Å². The van der Waals surface area contributed by atoms with Gasteiger partial charge in [-0.3, -0.25) is 0 Å². The van der Waals surface area contributed by atoms with Gasteiger partial charge >= 0.3 is 12.4 Å². The Bertz CT molecular complexity index is 1870. The number of para-hydroxylation sites is 1. The maximum absolute atomic E-state index is 14.2. The fraction of sp³-hybridized carbons (Fsp3) is 0.366. The predicted molar refractivity (Wildman–Crippen MR) is 198 cm³/mol. The molecule has 52 heavy (non-hydrogen) atoms. The highest BCUT2D eigenvalue weighted by molar-refractivity contribution is 6.33. The molecule has 1 fully saturated rings. The number of benzene rings is 4. The lowest BCUT2D eigenvalue weighted by molar-refractivity contribution is -0.143. The summed E-state index contributed by atoms with van der Waals surface area (Å²) in [5.41, 5.74) is 2.52. The van der Waals surface area contributed by atoms with Crippen molar-refractivity contribution < 1.29 is 26.3 Å². The zero-order chi connectivity index (χ0) is 38.0. The standard InChI is InChI=1S/C41H43ClF6N4/c1-7-28-19-27(6)36(35(42)20-28)49-39(30-21-31(40(43,44)45)23-32(22-30)41(46,47)48)52-18-12-17-51(24-52)38(29-13-9-8-10-14-29)50-37-33(25(2)3)15-11-16-34(37)26(4)5/h8-11,13-16,19-23,25-26H,7,12,17-18,24H2,1-6H3. The van der Waals surface area contributed by atoms with E-state index in [-0.39, 0.29) is 46.7 Å². The number of hydrogen-bond acceptors (Lipinski definition) is 2. The van der Waals surface area contributed by atoms with Crippen molar-refractivity contribution in [3.05, 3.63) is 128 Å². The van der Waals surface area contributed by atoms with Gasteiger partial charge in [0.25, 0.3) is 0 Å². The van der Waals surface area contributed by atoms with Crippen molar-refractivity contribution >= 4 is 34.6 Å². The van der Waals surface area contributed by atoms with Crippen LogP contribution in [0.2, 0.25) is 5.02 Å². The van der Waals surface area contributed by atoms with Crippen molar-refractivity contribution in [2.24, 2.45) is 9.98 Å². The van der Waals surface area contributed by atoms with Crippen LogP contribution in [0.4, 0.5) is 37.7 Å². The molecule has 1 saturated heterocycles. The van der Waals surface area contributed by atoms with Crippen molar-refractivity contribution in [2.75, 3.05) is 19.8 Å². The Kier molecular flexibility index (Phi) is 11.8. The second-order valence-corrected chi connectivity index (χ2v) is 14.2.